The number of pyridine rings is 1. The van der Waals surface area contributed by atoms with Gasteiger partial charge in [-0.25, -0.2) is 15.2 Å². The van der Waals surface area contributed by atoms with E-state index in [1.54, 1.807) is 6.07 Å². The van der Waals surface area contributed by atoms with Crippen molar-refractivity contribution in [1.82, 2.24) is 4.98 Å². The molecule has 0 aliphatic rings. The minimum Gasteiger partial charge on any atom is -0.308 e. The Labute approximate surface area is 122 Å². The van der Waals surface area contributed by atoms with Crippen molar-refractivity contribution in [2.75, 3.05) is 5.43 Å². The molecule has 3 N–H and O–H groups in total. The molecule has 0 unspecified atom stereocenters. The van der Waals surface area contributed by atoms with Gasteiger partial charge in [0.15, 0.2) is 0 Å². The molecule has 2 aromatic carbocycles. The van der Waals surface area contributed by atoms with Crippen molar-refractivity contribution in [2.45, 2.75) is 13.3 Å². The molecule has 106 valence electrons. The first-order chi connectivity index (χ1) is 10.2. The summed E-state index contributed by atoms with van der Waals surface area (Å²) in [5.41, 5.74) is 6.59. The Kier molecular flexibility index (Phi) is 3.54. The van der Waals surface area contributed by atoms with Crippen LogP contribution in [0.5, 0.6) is 0 Å². The Balaban J connectivity index is 2.04. The standard InChI is InChI=1S/C17H16FN3/c1-11-2-4-12(5-3-11)8-14-9-13-6-7-15(18)10-16(13)20-17(14)21-19/h2-7,9-10H,8,19H2,1H3,(H,20,21). The number of fused-ring (bicyclic) bond motifs is 1. The largest absolute Gasteiger partial charge is 0.308 e. The number of nitrogens with zero attached hydrogens (tertiary/aromatic N) is 1. The van der Waals surface area contributed by atoms with Crippen molar-refractivity contribution in [2.24, 2.45) is 5.84 Å². The number of nitrogens with two attached hydrogens (primary N) is 1. The highest BCUT2D eigenvalue weighted by Gasteiger charge is 2.08. The van der Waals surface area contributed by atoms with Gasteiger partial charge in [0.1, 0.15) is 11.6 Å². The van der Waals surface area contributed by atoms with Crippen molar-refractivity contribution in [1.29, 1.82) is 0 Å². The van der Waals surface area contributed by atoms with E-state index >= 15 is 0 Å². The first-order valence-corrected chi connectivity index (χ1v) is 6.77. The van der Waals surface area contributed by atoms with Crippen LogP contribution in [0.15, 0.2) is 48.5 Å². The third-order valence-corrected chi connectivity index (χ3v) is 3.51. The first kappa shape index (κ1) is 13.5. The Morgan fingerprint density at radius 3 is 2.57 bits per heavy atom. The lowest BCUT2D eigenvalue weighted by atomic mass is 10.0. The maximum Gasteiger partial charge on any atom is 0.144 e. The van der Waals surface area contributed by atoms with Gasteiger partial charge in [-0.3, -0.25) is 0 Å². The summed E-state index contributed by atoms with van der Waals surface area (Å²) in [5, 5.41) is 0.900. The fourth-order valence-corrected chi connectivity index (χ4v) is 2.37. The van der Waals surface area contributed by atoms with E-state index in [1.165, 1.54) is 23.3 Å². The lowest BCUT2D eigenvalue weighted by molar-refractivity contribution is 0.629. The minimum atomic E-state index is -0.302. The van der Waals surface area contributed by atoms with Crippen molar-refractivity contribution in [3.63, 3.8) is 0 Å². The summed E-state index contributed by atoms with van der Waals surface area (Å²) in [6.45, 7) is 2.06. The van der Waals surface area contributed by atoms with E-state index in [2.05, 4.69) is 41.6 Å². The van der Waals surface area contributed by atoms with Crippen molar-refractivity contribution in [3.8, 4) is 0 Å². The molecule has 0 radical (unpaired) electrons. The number of halogens is 1. The van der Waals surface area contributed by atoms with E-state index in [1.807, 2.05) is 6.07 Å². The molecule has 0 aliphatic heterocycles. The highest BCUT2D eigenvalue weighted by molar-refractivity contribution is 5.81. The molecule has 1 heterocycles. The van der Waals surface area contributed by atoms with Gasteiger partial charge in [-0.15, -0.1) is 0 Å². The fourth-order valence-electron chi connectivity index (χ4n) is 2.37. The van der Waals surface area contributed by atoms with Gasteiger partial charge in [-0.2, -0.15) is 0 Å². The predicted molar refractivity (Wildman–Crippen MR) is 83.5 cm³/mol. The number of hydrazine groups is 1. The molecule has 4 heteroatoms. The third kappa shape index (κ3) is 2.85. The van der Waals surface area contributed by atoms with Gasteiger partial charge >= 0.3 is 0 Å². The number of hydrogen-bond acceptors (Lipinski definition) is 3. The zero-order valence-electron chi connectivity index (χ0n) is 11.7. The third-order valence-electron chi connectivity index (χ3n) is 3.51. The van der Waals surface area contributed by atoms with Crippen LogP contribution in [-0.2, 0) is 6.42 Å². The Hall–Kier alpha value is -2.46. The van der Waals surface area contributed by atoms with Gasteiger partial charge in [-0.05, 0) is 30.7 Å². The number of aromatic nitrogens is 1. The van der Waals surface area contributed by atoms with E-state index in [0.29, 0.717) is 11.3 Å². The van der Waals surface area contributed by atoms with Gasteiger partial charge in [-0.1, -0.05) is 29.8 Å². The lowest BCUT2D eigenvalue weighted by Crippen LogP contribution is -2.11. The van der Waals surface area contributed by atoms with Crippen LogP contribution >= 0.6 is 0 Å². The number of nitrogen functional groups attached to an aromatic ring is 1. The van der Waals surface area contributed by atoms with Crippen LogP contribution in [0.4, 0.5) is 10.2 Å². The average molecular weight is 281 g/mol. The molecular formula is C17H16FN3. The van der Waals surface area contributed by atoms with Crippen molar-refractivity contribution in [3.05, 3.63) is 71.0 Å². The second kappa shape index (κ2) is 5.50. The van der Waals surface area contributed by atoms with Crippen LogP contribution in [0, 0.1) is 12.7 Å². The Morgan fingerprint density at radius 2 is 1.86 bits per heavy atom. The average Bonchev–Trinajstić information content (AvgIpc) is 2.49. The quantitative estimate of drug-likeness (QED) is 0.570. The summed E-state index contributed by atoms with van der Waals surface area (Å²) in [7, 11) is 0. The molecule has 0 amide bonds. The Bertz CT molecular complexity index is 782. The summed E-state index contributed by atoms with van der Waals surface area (Å²) in [5.74, 6) is 5.83. The van der Waals surface area contributed by atoms with Crippen LogP contribution in [0.1, 0.15) is 16.7 Å². The SMILES string of the molecule is Cc1ccc(Cc2cc3ccc(F)cc3nc2NN)cc1. The molecule has 21 heavy (non-hydrogen) atoms. The van der Waals surface area contributed by atoms with E-state index in [-0.39, 0.29) is 5.82 Å². The summed E-state index contributed by atoms with van der Waals surface area (Å²) >= 11 is 0. The summed E-state index contributed by atoms with van der Waals surface area (Å²) in [6, 6.07) is 14.9. The van der Waals surface area contributed by atoms with E-state index < -0.39 is 0 Å². The van der Waals surface area contributed by atoms with Crippen LogP contribution in [0.2, 0.25) is 0 Å². The van der Waals surface area contributed by atoms with Gasteiger partial charge in [0.2, 0.25) is 0 Å². The molecule has 3 aromatic rings. The summed E-state index contributed by atoms with van der Waals surface area (Å²) in [4.78, 5) is 4.39. The topological polar surface area (TPSA) is 50.9 Å². The van der Waals surface area contributed by atoms with Gasteiger partial charge in [0.25, 0.3) is 0 Å². The first-order valence-electron chi connectivity index (χ1n) is 6.77. The van der Waals surface area contributed by atoms with E-state index in [9.17, 15) is 4.39 Å². The molecule has 0 atom stereocenters. The van der Waals surface area contributed by atoms with Gasteiger partial charge in [0.05, 0.1) is 5.52 Å². The number of aryl methyl sites for hydroxylation is 1. The minimum absolute atomic E-state index is 0.302. The highest BCUT2D eigenvalue weighted by atomic mass is 19.1. The summed E-state index contributed by atoms with van der Waals surface area (Å²) < 4.78 is 13.3. The van der Waals surface area contributed by atoms with Gasteiger partial charge in [0, 0.05) is 23.4 Å². The molecule has 0 saturated carbocycles. The molecule has 0 spiro atoms. The summed E-state index contributed by atoms with van der Waals surface area (Å²) in [6.07, 6.45) is 0.722. The monoisotopic (exact) mass is 281 g/mol. The second-order valence-corrected chi connectivity index (χ2v) is 5.14. The molecule has 0 bridgehead atoms. The zero-order valence-corrected chi connectivity index (χ0v) is 11.7. The fraction of sp³-hybridized carbons (Fsp3) is 0.118. The van der Waals surface area contributed by atoms with E-state index in [0.717, 1.165) is 17.4 Å². The number of anilines is 1. The number of hydrogen-bond donors (Lipinski definition) is 2. The van der Waals surface area contributed by atoms with Crippen molar-refractivity contribution >= 4 is 16.7 Å². The number of benzene rings is 2. The maximum absolute atomic E-state index is 13.3. The lowest BCUT2D eigenvalue weighted by Gasteiger charge is -2.10. The molecule has 0 fully saturated rings. The molecule has 3 nitrogen and oxygen atoms in total. The molecular weight excluding hydrogens is 265 g/mol. The smallest absolute Gasteiger partial charge is 0.144 e. The van der Waals surface area contributed by atoms with Crippen LogP contribution in [-0.4, -0.2) is 4.98 Å². The van der Waals surface area contributed by atoms with Crippen LogP contribution in [0.3, 0.4) is 0 Å². The molecule has 3 rings (SSSR count). The highest BCUT2D eigenvalue weighted by Crippen LogP contribution is 2.23. The molecule has 1 aromatic heterocycles. The zero-order chi connectivity index (χ0) is 14.8. The maximum atomic E-state index is 13.3. The normalized spacial score (nSPS) is 10.8. The number of nitrogens with one attached hydrogen (secondary N) is 1. The second-order valence-electron chi connectivity index (χ2n) is 5.14. The van der Waals surface area contributed by atoms with Crippen LogP contribution in [0.25, 0.3) is 10.9 Å². The van der Waals surface area contributed by atoms with Gasteiger partial charge < -0.3 is 5.43 Å². The molecule has 0 aliphatic carbocycles. The number of rotatable bonds is 3. The van der Waals surface area contributed by atoms with E-state index in [4.69, 9.17) is 5.84 Å². The predicted octanol–water partition coefficient (Wildman–Crippen LogP) is 3.56. The van der Waals surface area contributed by atoms with Crippen molar-refractivity contribution < 1.29 is 4.39 Å². The molecule has 0 saturated heterocycles. The van der Waals surface area contributed by atoms with Crippen LogP contribution < -0.4 is 11.3 Å². The Morgan fingerprint density at radius 1 is 1.10 bits per heavy atom.